The van der Waals surface area contributed by atoms with Gasteiger partial charge in [-0.2, -0.15) is 0 Å². The van der Waals surface area contributed by atoms with Crippen LogP contribution in [0.2, 0.25) is 0 Å². The fraction of sp³-hybridized carbons (Fsp3) is 1.00. The van der Waals surface area contributed by atoms with Crippen LogP contribution in [0.3, 0.4) is 0 Å². The van der Waals surface area contributed by atoms with Crippen LogP contribution in [-0.2, 0) is 0 Å². The van der Waals surface area contributed by atoms with Crippen LogP contribution >= 0.6 is 0 Å². The Bertz CT molecular complexity index is 561. The molecule has 33 heavy (non-hydrogen) atoms. The van der Waals surface area contributed by atoms with E-state index in [1.807, 2.05) is 0 Å². The summed E-state index contributed by atoms with van der Waals surface area (Å²) < 4.78 is 0. The molecule has 3 atom stereocenters. The maximum atomic E-state index is 6.45. The van der Waals surface area contributed by atoms with E-state index in [4.69, 9.17) is 5.73 Å². The average molecular weight is 460 g/mol. The van der Waals surface area contributed by atoms with Gasteiger partial charge in [-0.3, -0.25) is 0 Å². The van der Waals surface area contributed by atoms with Crippen LogP contribution in [0.15, 0.2) is 0 Å². The zero-order valence-corrected chi connectivity index (χ0v) is 23.6. The quantitative estimate of drug-likeness (QED) is 0.393. The first kappa shape index (κ1) is 27.5. The first-order valence-corrected chi connectivity index (χ1v) is 15.3. The van der Waals surface area contributed by atoms with Crippen molar-refractivity contribution in [3.05, 3.63) is 0 Å². The van der Waals surface area contributed by atoms with Gasteiger partial charge in [-0.1, -0.05) is 98.8 Å². The van der Waals surface area contributed by atoms with Gasteiger partial charge in [0, 0.05) is 0 Å². The first-order chi connectivity index (χ1) is 15.6. The van der Waals surface area contributed by atoms with Gasteiger partial charge < -0.3 is 5.73 Å². The maximum absolute atomic E-state index is 6.45. The number of hydrogen-bond donors (Lipinski definition) is 1. The van der Waals surface area contributed by atoms with Crippen LogP contribution < -0.4 is 5.73 Å². The molecule has 3 aliphatic carbocycles. The van der Waals surface area contributed by atoms with E-state index in [9.17, 15) is 0 Å². The number of hydrogen-bond acceptors (Lipinski definition) is 1. The van der Waals surface area contributed by atoms with Crippen molar-refractivity contribution in [2.45, 2.75) is 163 Å². The summed E-state index contributed by atoms with van der Waals surface area (Å²) in [5.74, 6) is 1.61. The lowest BCUT2D eigenvalue weighted by atomic mass is 9.57. The molecule has 0 amide bonds. The molecule has 3 unspecified atom stereocenters. The van der Waals surface area contributed by atoms with Crippen molar-refractivity contribution in [3.63, 3.8) is 0 Å². The SMILES string of the molecule is CC(C)(CCC1CCC(C)(C2(C)CCCCCCC2)CCC1CN)C1(C)CCCCCCC1. The molecule has 3 fully saturated rings. The molecule has 0 spiro atoms. The summed E-state index contributed by atoms with van der Waals surface area (Å²) in [4.78, 5) is 0. The summed E-state index contributed by atoms with van der Waals surface area (Å²) in [6, 6.07) is 0. The summed E-state index contributed by atoms with van der Waals surface area (Å²) in [5.41, 5.74) is 8.50. The molecule has 1 heteroatoms. The molecule has 194 valence electrons. The number of rotatable bonds is 6. The standard InChI is InChI=1S/C32H61N/c1-29(2,30(3)19-12-8-6-9-13-20-30)23-16-27-17-24-32(5,25-18-28(27)26-33)31(4)21-14-10-7-11-15-22-31/h27-28H,6-26,33H2,1-5H3. The van der Waals surface area contributed by atoms with Crippen LogP contribution in [0.1, 0.15) is 163 Å². The Morgan fingerprint density at radius 2 is 1.03 bits per heavy atom. The van der Waals surface area contributed by atoms with Crippen molar-refractivity contribution in [1.29, 1.82) is 0 Å². The fourth-order valence-electron chi connectivity index (χ4n) is 8.40. The largest absolute Gasteiger partial charge is 0.330 e. The van der Waals surface area contributed by atoms with Gasteiger partial charge in [0.05, 0.1) is 0 Å². The van der Waals surface area contributed by atoms with E-state index in [1.54, 1.807) is 0 Å². The zero-order chi connectivity index (χ0) is 24.0. The minimum absolute atomic E-state index is 0.449. The Hall–Kier alpha value is -0.0400. The van der Waals surface area contributed by atoms with Gasteiger partial charge in [-0.15, -0.1) is 0 Å². The smallest absolute Gasteiger partial charge is 0.00462 e. The van der Waals surface area contributed by atoms with Crippen molar-refractivity contribution in [1.82, 2.24) is 0 Å². The van der Waals surface area contributed by atoms with Gasteiger partial charge in [0.1, 0.15) is 0 Å². The molecule has 0 aromatic heterocycles. The van der Waals surface area contributed by atoms with Crippen LogP contribution in [0.4, 0.5) is 0 Å². The topological polar surface area (TPSA) is 26.0 Å². The van der Waals surface area contributed by atoms with Gasteiger partial charge in [-0.25, -0.2) is 0 Å². The molecule has 3 saturated carbocycles. The van der Waals surface area contributed by atoms with E-state index in [0.717, 1.165) is 18.4 Å². The van der Waals surface area contributed by atoms with E-state index in [-0.39, 0.29) is 0 Å². The van der Waals surface area contributed by atoms with Crippen molar-refractivity contribution in [2.24, 2.45) is 39.2 Å². The molecule has 0 heterocycles. The summed E-state index contributed by atoms with van der Waals surface area (Å²) in [6.07, 6.45) is 28.9. The summed E-state index contributed by atoms with van der Waals surface area (Å²) in [6.45, 7) is 14.1. The summed E-state index contributed by atoms with van der Waals surface area (Å²) >= 11 is 0. The lowest BCUT2D eigenvalue weighted by Gasteiger charge is -2.48. The highest BCUT2D eigenvalue weighted by Crippen LogP contribution is 2.57. The molecular weight excluding hydrogens is 398 g/mol. The Labute approximate surface area is 208 Å². The summed E-state index contributed by atoms with van der Waals surface area (Å²) in [5, 5.41) is 0. The Balaban J connectivity index is 1.65. The summed E-state index contributed by atoms with van der Waals surface area (Å²) in [7, 11) is 0. The van der Waals surface area contributed by atoms with E-state index < -0.39 is 0 Å². The fourth-order valence-corrected chi connectivity index (χ4v) is 8.40. The first-order valence-electron chi connectivity index (χ1n) is 15.3. The maximum Gasteiger partial charge on any atom is -0.00462 e. The molecule has 0 aromatic carbocycles. The lowest BCUT2D eigenvalue weighted by Crippen LogP contribution is -2.38. The highest BCUT2D eigenvalue weighted by Gasteiger charge is 2.46. The van der Waals surface area contributed by atoms with Crippen LogP contribution in [0, 0.1) is 33.5 Å². The molecule has 0 saturated heterocycles. The third kappa shape index (κ3) is 6.59. The molecule has 0 aromatic rings. The lowest BCUT2D eigenvalue weighted by molar-refractivity contribution is 0.0216. The molecule has 0 aliphatic heterocycles. The predicted octanol–water partition coefficient (Wildman–Crippen LogP) is 10.1. The molecule has 0 bridgehead atoms. The van der Waals surface area contributed by atoms with Crippen molar-refractivity contribution >= 4 is 0 Å². The van der Waals surface area contributed by atoms with Gasteiger partial charge in [-0.05, 0) is 104 Å². The minimum Gasteiger partial charge on any atom is -0.330 e. The van der Waals surface area contributed by atoms with Crippen molar-refractivity contribution in [3.8, 4) is 0 Å². The molecule has 3 rings (SSSR count). The van der Waals surface area contributed by atoms with Gasteiger partial charge in [0.25, 0.3) is 0 Å². The third-order valence-corrected chi connectivity index (χ3v) is 12.2. The van der Waals surface area contributed by atoms with Crippen LogP contribution in [0.25, 0.3) is 0 Å². The minimum atomic E-state index is 0.449. The van der Waals surface area contributed by atoms with Crippen molar-refractivity contribution < 1.29 is 0 Å². The van der Waals surface area contributed by atoms with Gasteiger partial charge in [0.2, 0.25) is 0 Å². The molecular formula is C32H61N. The predicted molar refractivity (Wildman–Crippen MR) is 146 cm³/mol. The van der Waals surface area contributed by atoms with Gasteiger partial charge in [0.15, 0.2) is 0 Å². The van der Waals surface area contributed by atoms with Gasteiger partial charge >= 0.3 is 0 Å². The average Bonchev–Trinajstić information content (AvgIpc) is 2.91. The van der Waals surface area contributed by atoms with Crippen molar-refractivity contribution in [2.75, 3.05) is 6.54 Å². The number of nitrogens with two attached hydrogens (primary N) is 1. The molecule has 1 nitrogen and oxygen atoms in total. The van der Waals surface area contributed by atoms with E-state index in [2.05, 4.69) is 34.6 Å². The second-order valence-corrected chi connectivity index (χ2v) is 14.5. The normalized spacial score (nSPS) is 34.4. The Morgan fingerprint density at radius 1 is 0.606 bits per heavy atom. The second-order valence-electron chi connectivity index (χ2n) is 14.5. The molecule has 0 radical (unpaired) electrons. The second kappa shape index (κ2) is 11.8. The Morgan fingerprint density at radius 3 is 1.55 bits per heavy atom. The highest BCUT2D eigenvalue weighted by atomic mass is 14.6. The third-order valence-electron chi connectivity index (χ3n) is 12.2. The van der Waals surface area contributed by atoms with Crippen LogP contribution in [0.5, 0.6) is 0 Å². The molecule has 2 N–H and O–H groups in total. The molecule has 3 aliphatic rings. The van der Waals surface area contributed by atoms with Crippen LogP contribution in [-0.4, -0.2) is 6.54 Å². The monoisotopic (exact) mass is 459 g/mol. The highest BCUT2D eigenvalue weighted by molar-refractivity contribution is 4.97. The zero-order valence-electron chi connectivity index (χ0n) is 23.6. The van der Waals surface area contributed by atoms with E-state index >= 15 is 0 Å². The van der Waals surface area contributed by atoms with E-state index in [0.29, 0.717) is 21.7 Å². The Kier molecular flexibility index (Phi) is 9.85. The van der Waals surface area contributed by atoms with E-state index in [1.165, 1.54) is 128 Å².